The van der Waals surface area contributed by atoms with Crippen molar-refractivity contribution < 1.29 is 14.3 Å². The number of rotatable bonds is 3. The second kappa shape index (κ2) is 5.80. The Labute approximate surface area is 126 Å². The molecular weight excluding hydrogens is 266 g/mol. The van der Waals surface area contributed by atoms with Gasteiger partial charge in [-0.15, -0.1) is 0 Å². The molecule has 1 amide bonds. The summed E-state index contributed by atoms with van der Waals surface area (Å²) in [5.74, 6) is 0.663. The Morgan fingerprint density at radius 1 is 1.29 bits per heavy atom. The highest BCUT2D eigenvalue weighted by molar-refractivity contribution is 5.70. The van der Waals surface area contributed by atoms with Crippen LogP contribution in [-0.4, -0.2) is 23.2 Å². The van der Waals surface area contributed by atoms with Crippen molar-refractivity contribution in [1.82, 2.24) is 4.90 Å². The van der Waals surface area contributed by atoms with Gasteiger partial charge in [-0.1, -0.05) is 18.7 Å². The fourth-order valence-electron chi connectivity index (χ4n) is 2.28. The van der Waals surface area contributed by atoms with Gasteiger partial charge in [-0.25, -0.2) is 4.79 Å². The summed E-state index contributed by atoms with van der Waals surface area (Å²) < 4.78 is 10.8. The van der Waals surface area contributed by atoms with Crippen molar-refractivity contribution in [2.45, 2.75) is 46.4 Å². The van der Waals surface area contributed by atoms with E-state index >= 15 is 0 Å². The monoisotopic (exact) mass is 289 g/mol. The van der Waals surface area contributed by atoms with Crippen molar-refractivity contribution in [3.05, 3.63) is 41.5 Å². The Hall–Kier alpha value is -1.97. The lowest BCUT2D eigenvalue weighted by Crippen LogP contribution is -2.33. The van der Waals surface area contributed by atoms with Crippen molar-refractivity contribution in [3.8, 4) is 0 Å². The van der Waals surface area contributed by atoms with Crippen LogP contribution in [-0.2, 0) is 22.6 Å². The van der Waals surface area contributed by atoms with E-state index in [0.717, 1.165) is 16.7 Å². The van der Waals surface area contributed by atoms with Crippen LogP contribution < -0.4 is 0 Å². The molecule has 0 unspecified atom stereocenters. The zero-order valence-corrected chi connectivity index (χ0v) is 13.2. The lowest BCUT2D eigenvalue weighted by atomic mass is 10.1. The van der Waals surface area contributed by atoms with Crippen molar-refractivity contribution in [3.63, 3.8) is 0 Å². The number of hydrogen-bond acceptors (Lipinski definition) is 3. The third kappa shape index (κ3) is 3.78. The van der Waals surface area contributed by atoms with Crippen LogP contribution in [0, 0.1) is 0 Å². The molecule has 0 atom stereocenters. The summed E-state index contributed by atoms with van der Waals surface area (Å²) in [7, 11) is 0. The number of hydrogen-bond donors (Lipinski definition) is 0. The summed E-state index contributed by atoms with van der Waals surface area (Å²) in [5.41, 5.74) is 2.76. The lowest BCUT2D eigenvalue weighted by Gasteiger charge is -2.24. The van der Waals surface area contributed by atoms with E-state index in [1.54, 1.807) is 4.90 Å². The van der Waals surface area contributed by atoms with Crippen LogP contribution in [0.25, 0.3) is 5.76 Å². The van der Waals surface area contributed by atoms with Crippen LogP contribution in [0.1, 0.15) is 44.4 Å². The highest BCUT2D eigenvalue weighted by Crippen LogP contribution is 2.27. The molecule has 0 N–H and O–H groups in total. The fraction of sp³-hybridized carbons (Fsp3) is 0.471. The van der Waals surface area contributed by atoms with E-state index in [-0.39, 0.29) is 6.09 Å². The molecule has 1 aliphatic heterocycles. The van der Waals surface area contributed by atoms with E-state index in [1.807, 2.05) is 45.9 Å². The van der Waals surface area contributed by atoms with E-state index in [0.29, 0.717) is 25.5 Å². The van der Waals surface area contributed by atoms with Crippen molar-refractivity contribution in [2.24, 2.45) is 0 Å². The number of benzene rings is 1. The van der Waals surface area contributed by atoms with Gasteiger partial charge in [-0.2, -0.15) is 0 Å². The molecular formula is C17H23NO3. The van der Waals surface area contributed by atoms with Crippen LogP contribution in [0.15, 0.2) is 24.8 Å². The molecule has 0 aromatic heterocycles. The molecule has 2 rings (SSSR count). The minimum absolute atomic E-state index is 0.274. The van der Waals surface area contributed by atoms with E-state index in [4.69, 9.17) is 9.47 Å². The predicted molar refractivity (Wildman–Crippen MR) is 82.6 cm³/mol. The quantitative estimate of drug-likeness (QED) is 0.791. The molecule has 0 fully saturated rings. The van der Waals surface area contributed by atoms with Gasteiger partial charge in [0, 0.05) is 18.7 Å². The number of amides is 1. The molecule has 1 heterocycles. The molecule has 4 heteroatoms. The second-order valence-corrected chi connectivity index (χ2v) is 6.18. The van der Waals surface area contributed by atoms with Crippen molar-refractivity contribution >= 4 is 11.9 Å². The minimum atomic E-state index is -0.472. The summed E-state index contributed by atoms with van der Waals surface area (Å²) in [6.45, 7) is 13.2. The number of carbonyl (C=O) groups is 1. The first-order chi connectivity index (χ1) is 9.80. The maximum Gasteiger partial charge on any atom is 0.410 e. The van der Waals surface area contributed by atoms with Gasteiger partial charge in [-0.05, 0) is 44.9 Å². The Balaban J connectivity index is 2.09. The van der Waals surface area contributed by atoms with Gasteiger partial charge in [-0.3, -0.25) is 4.90 Å². The number of carbonyl (C=O) groups excluding carboxylic acids is 1. The van der Waals surface area contributed by atoms with Gasteiger partial charge in [0.2, 0.25) is 0 Å². The largest absolute Gasteiger partial charge is 0.494 e. The van der Waals surface area contributed by atoms with Gasteiger partial charge in [0.05, 0.1) is 6.61 Å². The van der Waals surface area contributed by atoms with Crippen LogP contribution >= 0.6 is 0 Å². The first kappa shape index (κ1) is 15.4. The Morgan fingerprint density at radius 2 is 1.95 bits per heavy atom. The molecule has 0 saturated heterocycles. The summed E-state index contributed by atoms with van der Waals surface area (Å²) in [6, 6.07) is 6.05. The Morgan fingerprint density at radius 3 is 2.57 bits per heavy atom. The SMILES string of the molecule is C=C(OCC)c1ccc2c(c1)CN(C(=O)OC(C)(C)C)C2. The smallest absolute Gasteiger partial charge is 0.410 e. The highest BCUT2D eigenvalue weighted by Gasteiger charge is 2.27. The summed E-state index contributed by atoms with van der Waals surface area (Å²) in [5, 5.41) is 0. The second-order valence-electron chi connectivity index (χ2n) is 6.18. The molecule has 1 aromatic carbocycles. The van der Waals surface area contributed by atoms with Crippen LogP contribution in [0.5, 0.6) is 0 Å². The molecule has 0 aliphatic carbocycles. The first-order valence-electron chi connectivity index (χ1n) is 7.22. The molecule has 1 aromatic rings. The maximum atomic E-state index is 12.1. The maximum absolute atomic E-state index is 12.1. The number of fused-ring (bicyclic) bond motifs is 1. The zero-order chi connectivity index (χ0) is 15.6. The third-order valence-electron chi connectivity index (χ3n) is 3.22. The fourth-order valence-corrected chi connectivity index (χ4v) is 2.28. The normalized spacial score (nSPS) is 13.8. The first-order valence-corrected chi connectivity index (χ1v) is 7.22. The molecule has 21 heavy (non-hydrogen) atoms. The van der Waals surface area contributed by atoms with Crippen LogP contribution in [0.2, 0.25) is 0 Å². The van der Waals surface area contributed by atoms with E-state index in [2.05, 4.69) is 6.58 Å². The molecule has 0 bridgehead atoms. The average molecular weight is 289 g/mol. The molecule has 114 valence electrons. The van der Waals surface area contributed by atoms with Crippen molar-refractivity contribution in [1.29, 1.82) is 0 Å². The van der Waals surface area contributed by atoms with Gasteiger partial charge in [0.15, 0.2) is 0 Å². The molecule has 0 radical (unpaired) electrons. The summed E-state index contributed by atoms with van der Waals surface area (Å²) in [6.07, 6.45) is -0.274. The van der Waals surface area contributed by atoms with Gasteiger partial charge < -0.3 is 9.47 Å². The molecule has 4 nitrogen and oxygen atoms in total. The van der Waals surface area contributed by atoms with E-state index in [1.165, 1.54) is 0 Å². The molecule has 0 spiro atoms. The van der Waals surface area contributed by atoms with E-state index < -0.39 is 5.60 Å². The number of ether oxygens (including phenoxy) is 2. The topological polar surface area (TPSA) is 38.8 Å². The number of nitrogens with zero attached hydrogens (tertiary/aromatic N) is 1. The summed E-state index contributed by atoms with van der Waals surface area (Å²) >= 11 is 0. The third-order valence-corrected chi connectivity index (χ3v) is 3.22. The van der Waals surface area contributed by atoms with E-state index in [9.17, 15) is 4.79 Å². The van der Waals surface area contributed by atoms with Gasteiger partial charge >= 0.3 is 6.09 Å². The molecule has 1 aliphatic rings. The minimum Gasteiger partial charge on any atom is -0.494 e. The molecule has 0 saturated carbocycles. The van der Waals surface area contributed by atoms with Crippen molar-refractivity contribution in [2.75, 3.05) is 6.61 Å². The highest BCUT2D eigenvalue weighted by atomic mass is 16.6. The summed E-state index contributed by atoms with van der Waals surface area (Å²) in [4.78, 5) is 13.8. The Kier molecular flexibility index (Phi) is 4.26. The average Bonchev–Trinajstić information content (AvgIpc) is 2.79. The predicted octanol–water partition coefficient (Wildman–Crippen LogP) is 3.94. The van der Waals surface area contributed by atoms with Crippen LogP contribution in [0.4, 0.5) is 4.79 Å². The van der Waals surface area contributed by atoms with Gasteiger partial charge in [0.25, 0.3) is 0 Å². The van der Waals surface area contributed by atoms with Gasteiger partial charge in [0.1, 0.15) is 11.4 Å². The lowest BCUT2D eigenvalue weighted by molar-refractivity contribution is 0.0242. The zero-order valence-electron chi connectivity index (χ0n) is 13.2. The Bertz CT molecular complexity index is 558. The van der Waals surface area contributed by atoms with Crippen LogP contribution in [0.3, 0.4) is 0 Å². The standard InChI is InChI=1S/C17H23NO3/c1-6-20-12(2)13-7-8-14-10-18(11-15(14)9-13)16(19)21-17(3,4)5/h7-9H,2,6,10-11H2,1,3-5H3.